The Labute approximate surface area is 372 Å². The zero-order valence-corrected chi connectivity index (χ0v) is 37.1. The second-order valence-corrected chi connectivity index (χ2v) is 19.7. The van der Waals surface area contributed by atoms with Gasteiger partial charge in [0.1, 0.15) is 10.7 Å². The quantitative estimate of drug-likeness (QED) is 0.101. The van der Waals surface area contributed by atoms with E-state index >= 15 is 0 Å². The number of nitrogens with one attached hydrogen (secondary N) is 3. The number of hydrogen-bond acceptors (Lipinski definition) is 11. The molecule has 15 nitrogen and oxygen atoms in total. The Morgan fingerprint density at radius 2 is 1.68 bits per heavy atom. The van der Waals surface area contributed by atoms with Crippen molar-refractivity contribution in [1.29, 1.82) is 0 Å². The van der Waals surface area contributed by atoms with Crippen LogP contribution in [0.1, 0.15) is 93.7 Å². The van der Waals surface area contributed by atoms with Gasteiger partial charge in [0.2, 0.25) is 21.9 Å². The normalized spacial score (nSPS) is 20.8. The van der Waals surface area contributed by atoms with Crippen LogP contribution in [0.2, 0.25) is 5.02 Å². The van der Waals surface area contributed by atoms with E-state index < -0.39 is 16.1 Å². The van der Waals surface area contributed by atoms with E-state index in [9.17, 15) is 22.8 Å². The van der Waals surface area contributed by atoms with Crippen molar-refractivity contribution >= 4 is 72.7 Å². The Kier molecular flexibility index (Phi) is 12.8. The topological polar surface area (TPSA) is 181 Å². The number of aryl methyl sites for hydroxylation is 1. The van der Waals surface area contributed by atoms with Gasteiger partial charge < -0.3 is 15.0 Å². The molecule has 4 fully saturated rings. The summed E-state index contributed by atoms with van der Waals surface area (Å²) in [5, 5.41) is 8.40. The minimum Gasteiger partial charge on any atom is -0.377 e. The van der Waals surface area contributed by atoms with Crippen molar-refractivity contribution in [2.24, 2.45) is 5.92 Å². The number of nitrogens with zero attached hydrogens (tertiary/aromatic N) is 6. The molecular weight excluding hydrogens is 842 g/mol. The van der Waals surface area contributed by atoms with Crippen LogP contribution in [0.5, 0.6) is 0 Å². The summed E-state index contributed by atoms with van der Waals surface area (Å²) < 4.78 is 37.1. The molecule has 63 heavy (non-hydrogen) atoms. The predicted octanol–water partition coefficient (Wildman–Crippen LogP) is 7.34. The third-order valence-electron chi connectivity index (χ3n) is 13.4. The average molecular weight is 897 g/mol. The second-order valence-electron chi connectivity index (χ2n) is 17.6. The van der Waals surface area contributed by atoms with Crippen molar-refractivity contribution in [3.05, 3.63) is 87.6 Å². The summed E-state index contributed by atoms with van der Waals surface area (Å²) in [4.78, 5) is 55.1. The monoisotopic (exact) mass is 895 g/mol. The van der Waals surface area contributed by atoms with Gasteiger partial charge in [-0.3, -0.25) is 29.4 Å². The van der Waals surface area contributed by atoms with Crippen LogP contribution in [-0.2, 0) is 19.6 Å². The molecule has 0 bridgehead atoms. The smallest absolute Gasteiger partial charge is 0.328 e. The number of carbonyl (C=O) groups excluding carboxylic acids is 2. The molecule has 2 saturated heterocycles. The van der Waals surface area contributed by atoms with Crippen LogP contribution in [0.3, 0.4) is 0 Å². The van der Waals surface area contributed by atoms with Crippen LogP contribution in [-0.4, -0.2) is 90.2 Å². The molecule has 5 aromatic rings. The number of benzene rings is 2. The number of aromatic nitrogens is 4. The highest BCUT2D eigenvalue weighted by molar-refractivity contribution is 7.89. The Hall–Kier alpha value is -5.00. The highest BCUT2D eigenvalue weighted by Crippen LogP contribution is 2.36. The van der Waals surface area contributed by atoms with Crippen LogP contribution in [0, 0.1) is 12.8 Å². The van der Waals surface area contributed by atoms with Crippen molar-refractivity contribution in [2.75, 3.05) is 49.5 Å². The van der Waals surface area contributed by atoms with E-state index in [1.807, 2.05) is 13.1 Å². The second kappa shape index (κ2) is 18.6. The van der Waals surface area contributed by atoms with Gasteiger partial charge in [-0.25, -0.2) is 22.9 Å². The number of halogens is 1. The number of ether oxygens (including phenoxy) is 1. The molecule has 2 aromatic carbocycles. The number of imide groups is 1. The number of carbonyl (C=O) groups is 2. The maximum Gasteiger partial charge on any atom is 0.328 e. The van der Waals surface area contributed by atoms with Crippen molar-refractivity contribution in [1.82, 2.24) is 34.5 Å². The molecule has 2 saturated carbocycles. The molecule has 9 rings (SSSR count). The number of amides is 3. The van der Waals surface area contributed by atoms with Gasteiger partial charge in [-0.2, -0.15) is 4.98 Å². The maximum absolute atomic E-state index is 13.3. The standard InChI is InChI=1S/C46H54ClN9O6S/c1-29-22-37(11-13-40(29)51-45-49-26-34-24-39(47)44(58)56(43(34)53-45)35-4-2-3-5-35)63(60,61)50-17-21-62-36-9-6-30(7-10-36)28-54-18-14-31(15-19-54)32-8-12-38-33(23-32)25-48-27-41(38)55-20-16-42(57)52-46(55)59/h8,11-13,22-27,30-31,35-36,50H,2-7,9-10,14-21,28H2,1H3,(H,49,51,53)(H,52,57,59). The number of piperidine rings is 1. The number of likely N-dealkylation sites (tertiary alicyclic amines) is 1. The van der Waals surface area contributed by atoms with Gasteiger partial charge in [0.25, 0.3) is 5.56 Å². The van der Waals surface area contributed by atoms with Crippen LogP contribution in [0.4, 0.5) is 22.1 Å². The van der Waals surface area contributed by atoms with Crippen molar-refractivity contribution in [3.63, 3.8) is 0 Å². The third kappa shape index (κ3) is 9.60. The number of hydrogen-bond donors (Lipinski definition) is 3. The molecule has 0 spiro atoms. The van der Waals surface area contributed by atoms with Gasteiger partial charge in [-0.1, -0.05) is 36.6 Å². The molecule has 0 atom stereocenters. The number of sulfonamides is 1. The van der Waals surface area contributed by atoms with E-state index in [1.54, 1.807) is 46.1 Å². The molecule has 4 aliphatic rings. The lowest BCUT2D eigenvalue weighted by Gasteiger charge is -2.36. The fourth-order valence-electron chi connectivity index (χ4n) is 9.93. The van der Waals surface area contributed by atoms with Crippen molar-refractivity contribution in [2.45, 2.75) is 101 Å². The number of fused-ring (bicyclic) bond motifs is 2. The Bertz CT molecular complexity index is 2690. The first kappa shape index (κ1) is 43.3. The minimum atomic E-state index is -3.77. The summed E-state index contributed by atoms with van der Waals surface area (Å²) in [5.74, 6) is 1.15. The van der Waals surface area contributed by atoms with Crippen molar-refractivity contribution < 1.29 is 22.7 Å². The number of pyridine rings is 2. The number of anilines is 3. The fraction of sp³-hybridized carbons (Fsp3) is 0.478. The molecule has 3 N–H and O–H groups in total. The number of urea groups is 1. The molecule has 332 valence electrons. The molecule has 17 heteroatoms. The largest absolute Gasteiger partial charge is 0.377 e. The molecule has 2 aliphatic carbocycles. The van der Waals surface area contributed by atoms with E-state index in [1.165, 1.54) is 5.56 Å². The summed E-state index contributed by atoms with van der Waals surface area (Å²) in [7, 11) is -3.77. The first-order valence-corrected chi connectivity index (χ1v) is 24.1. The summed E-state index contributed by atoms with van der Waals surface area (Å²) in [6.45, 7) is 5.85. The highest BCUT2D eigenvalue weighted by Gasteiger charge is 2.29. The predicted molar refractivity (Wildman–Crippen MR) is 243 cm³/mol. The summed E-state index contributed by atoms with van der Waals surface area (Å²) in [6, 6.07) is 12.6. The molecule has 0 unspecified atom stereocenters. The lowest BCUT2D eigenvalue weighted by molar-refractivity contribution is -0.120. The Balaban J connectivity index is 0.706. The summed E-state index contributed by atoms with van der Waals surface area (Å²) in [5.41, 5.74) is 3.66. The molecular formula is C46H54ClN9O6S. The van der Waals surface area contributed by atoms with Gasteiger partial charge in [0.15, 0.2) is 0 Å². The van der Waals surface area contributed by atoms with E-state index in [4.69, 9.17) is 21.3 Å². The van der Waals surface area contributed by atoms with Crippen LogP contribution in [0.15, 0.2) is 70.7 Å². The summed E-state index contributed by atoms with van der Waals surface area (Å²) >= 11 is 6.29. The molecule has 3 amide bonds. The Morgan fingerprint density at radius 3 is 2.44 bits per heavy atom. The maximum atomic E-state index is 13.3. The Morgan fingerprint density at radius 1 is 0.889 bits per heavy atom. The highest BCUT2D eigenvalue weighted by atomic mass is 35.5. The van der Waals surface area contributed by atoms with Gasteiger partial charge >= 0.3 is 6.03 Å². The average Bonchev–Trinajstić information content (AvgIpc) is 3.82. The van der Waals surface area contributed by atoms with Crippen LogP contribution < -0.4 is 25.8 Å². The summed E-state index contributed by atoms with van der Waals surface area (Å²) in [6.07, 6.45) is 15.8. The first-order valence-electron chi connectivity index (χ1n) is 22.3. The van der Waals surface area contributed by atoms with Gasteiger partial charge in [0, 0.05) is 66.3 Å². The minimum absolute atomic E-state index is 0.0435. The van der Waals surface area contributed by atoms with Crippen LogP contribution in [0.25, 0.3) is 21.8 Å². The SMILES string of the molecule is Cc1cc(S(=O)(=O)NCCOC2CCC(CN3CCC(c4ccc5c(N6CCC(=O)NC6=O)cncc5c4)CC3)CC2)ccc1Nc1ncc2cc(Cl)c(=O)n(C3CCCC3)c2n1. The van der Waals surface area contributed by atoms with Crippen molar-refractivity contribution in [3.8, 4) is 0 Å². The van der Waals surface area contributed by atoms with E-state index in [-0.39, 0.29) is 46.5 Å². The zero-order chi connectivity index (χ0) is 43.7. The molecule has 2 aliphatic heterocycles. The van der Waals surface area contributed by atoms with E-state index in [0.29, 0.717) is 53.2 Å². The van der Waals surface area contributed by atoms with Crippen LogP contribution >= 0.6 is 11.6 Å². The lowest BCUT2D eigenvalue weighted by atomic mass is 9.85. The van der Waals surface area contributed by atoms with E-state index in [0.717, 1.165) is 100 Å². The molecule has 5 heterocycles. The lowest BCUT2D eigenvalue weighted by Crippen LogP contribution is -2.49. The molecule has 3 aromatic heterocycles. The van der Waals surface area contributed by atoms with Gasteiger partial charge in [-0.05, 0) is 125 Å². The number of rotatable bonds is 13. The van der Waals surface area contributed by atoms with Gasteiger partial charge in [0.05, 0.1) is 29.5 Å². The first-order chi connectivity index (χ1) is 30.5. The van der Waals surface area contributed by atoms with E-state index in [2.05, 4.69) is 48.4 Å². The fourth-order valence-corrected chi connectivity index (χ4v) is 11.2. The zero-order valence-electron chi connectivity index (χ0n) is 35.5. The third-order valence-corrected chi connectivity index (χ3v) is 15.1. The molecule has 0 radical (unpaired) electrons. The van der Waals surface area contributed by atoms with Gasteiger partial charge in [-0.15, -0.1) is 0 Å².